The van der Waals surface area contributed by atoms with Gasteiger partial charge in [0.1, 0.15) is 5.52 Å². The average molecular weight is 385 g/mol. The maximum atomic E-state index is 13.0. The quantitative estimate of drug-likeness (QED) is 0.749. The third kappa shape index (κ3) is 3.48. The Kier molecular flexibility index (Phi) is 5.30. The van der Waals surface area contributed by atoms with Crippen molar-refractivity contribution >= 4 is 22.8 Å². The first kappa shape index (κ1) is 18.9. The lowest BCUT2D eigenvalue weighted by atomic mass is 9.78. The third-order valence-electron chi connectivity index (χ3n) is 6.05. The normalized spacial score (nSPS) is 22.5. The molecule has 8 nitrogen and oxygen atoms in total. The second-order valence-electron chi connectivity index (χ2n) is 7.79. The summed E-state index contributed by atoms with van der Waals surface area (Å²) in [6.07, 6.45) is 2.98. The highest BCUT2D eigenvalue weighted by Crippen LogP contribution is 2.40. The number of benzene rings is 1. The van der Waals surface area contributed by atoms with Gasteiger partial charge in [0.2, 0.25) is 11.8 Å². The number of piperidine rings is 1. The van der Waals surface area contributed by atoms with E-state index < -0.39 is 5.41 Å². The summed E-state index contributed by atoms with van der Waals surface area (Å²) in [5, 5.41) is 8.28. The van der Waals surface area contributed by atoms with Gasteiger partial charge in [-0.05, 0) is 31.4 Å². The molecule has 1 aromatic heterocycles. The first-order valence-electron chi connectivity index (χ1n) is 9.97. The first-order chi connectivity index (χ1) is 13.6. The molecule has 8 heteroatoms. The van der Waals surface area contributed by atoms with E-state index in [1.807, 2.05) is 34.1 Å². The standard InChI is InChI=1S/C20H27N5O3/c1-28-14-13-23-10-4-8-20(19(23)27)9-12-24(15-20)18(26)7-11-25-17-6-3-2-5-16(17)21-22-25/h2-3,5-6H,4,7-15H2,1H3/t20-/m0/s1. The van der Waals surface area contributed by atoms with Crippen molar-refractivity contribution in [2.24, 2.45) is 5.41 Å². The number of para-hydroxylation sites is 1. The van der Waals surface area contributed by atoms with Crippen LogP contribution in [0.3, 0.4) is 0 Å². The number of rotatable bonds is 6. The molecule has 3 heterocycles. The van der Waals surface area contributed by atoms with Crippen molar-refractivity contribution in [3.05, 3.63) is 24.3 Å². The van der Waals surface area contributed by atoms with Crippen LogP contribution in [0.15, 0.2) is 24.3 Å². The van der Waals surface area contributed by atoms with Gasteiger partial charge in [-0.25, -0.2) is 4.68 Å². The molecule has 4 rings (SSSR count). The summed E-state index contributed by atoms with van der Waals surface area (Å²) in [7, 11) is 1.65. The molecule has 0 aliphatic carbocycles. The Labute approximate surface area is 164 Å². The van der Waals surface area contributed by atoms with Gasteiger partial charge in [-0.2, -0.15) is 0 Å². The van der Waals surface area contributed by atoms with Crippen LogP contribution >= 0.6 is 0 Å². The summed E-state index contributed by atoms with van der Waals surface area (Å²) in [6, 6.07) is 7.74. The van der Waals surface area contributed by atoms with E-state index in [-0.39, 0.29) is 11.8 Å². The van der Waals surface area contributed by atoms with Crippen LogP contribution in [0.4, 0.5) is 0 Å². The number of carbonyl (C=O) groups is 2. The number of hydrogen-bond donors (Lipinski definition) is 0. The van der Waals surface area contributed by atoms with Gasteiger partial charge >= 0.3 is 0 Å². The van der Waals surface area contributed by atoms with E-state index in [4.69, 9.17) is 4.74 Å². The molecular weight excluding hydrogens is 358 g/mol. The second kappa shape index (κ2) is 7.87. The zero-order valence-corrected chi connectivity index (χ0v) is 16.3. The lowest BCUT2D eigenvalue weighted by Gasteiger charge is -2.39. The number of likely N-dealkylation sites (tertiary alicyclic amines) is 2. The highest BCUT2D eigenvalue weighted by Gasteiger charge is 2.49. The minimum atomic E-state index is -0.401. The third-order valence-corrected chi connectivity index (χ3v) is 6.05. The van der Waals surface area contributed by atoms with E-state index in [1.54, 1.807) is 11.8 Å². The van der Waals surface area contributed by atoms with E-state index in [1.165, 1.54) is 0 Å². The van der Waals surface area contributed by atoms with Crippen LogP contribution in [0.25, 0.3) is 11.0 Å². The number of hydrogen-bond acceptors (Lipinski definition) is 5. The molecule has 0 radical (unpaired) electrons. The van der Waals surface area contributed by atoms with Gasteiger partial charge in [-0.3, -0.25) is 9.59 Å². The fourth-order valence-corrected chi connectivity index (χ4v) is 4.47. The number of nitrogens with zero attached hydrogens (tertiary/aromatic N) is 5. The predicted molar refractivity (Wildman–Crippen MR) is 103 cm³/mol. The van der Waals surface area contributed by atoms with E-state index in [2.05, 4.69) is 10.3 Å². The summed E-state index contributed by atoms with van der Waals surface area (Å²) >= 11 is 0. The minimum Gasteiger partial charge on any atom is -0.383 e. The van der Waals surface area contributed by atoms with Crippen molar-refractivity contribution in [3.8, 4) is 0 Å². The number of methoxy groups -OCH3 is 1. The molecule has 2 aromatic rings. The highest BCUT2D eigenvalue weighted by molar-refractivity contribution is 5.86. The first-order valence-corrected chi connectivity index (χ1v) is 9.97. The van der Waals surface area contributed by atoms with Crippen molar-refractivity contribution in [1.29, 1.82) is 0 Å². The molecule has 0 unspecified atom stereocenters. The Morgan fingerprint density at radius 2 is 2.07 bits per heavy atom. The highest BCUT2D eigenvalue weighted by atomic mass is 16.5. The van der Waals surface area contributed by atoms with E-state index >= 15 is 0 Å². The predicted octanol–water partition coefficient (Wildman–Crippen LogP) is 1.31. The van der Waals surface area contributed by atoms with Crippen LogP contribution in [0.5, 0.6) is 0 Å². The van der Waals surface area contributed by atoms with Crippen LogP contribution in [-0.2, 0) is 20.9 Å². The smallest absolute Gasteiger partial charge is 0.230 e. The fourth-order valence-electron chi connectivity index (χ4n) is 4.47. The van der Waals surface area contributed by atoms with Crippen LogP contribution in [0.1, 0.15) is 25.7 Å². The Hall–Kier alpha value is -2.48. The molecule has 1 atom stereocenters. The van der Waals surface area contributed by atoms with Crippen LogP contribution in [0, 0.1) is 5.41 Å². The molecule has 150 valence electrons. The second-order valence-corrected chi connectivity index (χ2v) is 7.79. The zero-order chi connectivity index (χ0) is 19.6. The van der Waals surface area contributed by atoms with E-state index in [0.717, 1.165) is 36.8 Å². The topological polar surface area (TPSA) is 80.6 Å². The summed E-state index contributed by atoms with van der Waals surface area (Å²) in [5.74, 6) is 0.270. The Morgan fingerprint density at radius 1 is 1.21 bits per heavy atom. The number of fused-ring (bicyclic) bond motifs is 1. The van der Waals surface area contributed by atoms with Gasteiger partial charge in [0.25, 0.3) is 0 Å². The molecule has 2 aliphatic heterocycles. The van der Waals surface area contributed by atoms with Crippen molar-refractivity contribution < 1.29 is 14.3 Å². The molecule has 2 saturated heterocycles. The van der Waals surface area contributed by atoms with Gasteiger partial charge in [-0.1, -0.05) is 17.3 Å². The summed E-state index contributed by atoms with van der Waals surface area (Å²) in [6.45, 7) is 3.65. The van der Waals surface area contributed by atoms with E-state index in [0.29, 0.717) is 39.2 Å². The molecule has 0 N–H and O–H groups in total. The van der Waals surface area contributed by atoms with Crippen molar-refractivity contribution in [2.45, 2.75) is 32.2 Å². The minimum absolute atomic E-state index is 0.0817. The number of carbonyl (C=O) groups excluding carboxylic acids is 2. The molecule has 1 spiro atoms. The molecule has 1 aromatic carbocycles. The lowest BCUT2D eigenvalue weighted by Crippen LogP contribution is -2.51. The van der Waals surface area contributed by atoms with Crippen LogP contribution in [0.2, 0.25) is 0 Å². The van der Waals surface area contributed by atoms with Gasteiger partial charge in [-0.15, -0.1) is 5.10 Å². The summed E-state index contributed by atoms with van der Waals surface area (Å²) in [5.41, 5.74) is 1.37. The number of ether oxygens (including phenoxy) is 1. The van der Waals surface area contributed by atoms with E-state index in [9.17, 15) is 9.59 Å². The molecule has 28 heavy (non-hydrogen) atoms. The molecule has 2 amide bonds. The van der Waals surface area contributed by atoms with Gasteiger partial charge in [0.15, 0.2) is 0 Å². The monoisotopic (exact) mass is 385 g/mol. The number of aromatic nitrogens is 3. The number of aryl methyl sites for hydroxylation is 1. The van der Waals surface area contributed by atoms with Crippen molar-refractivity contribution in [3.63, 3.8) is 0 Å². The molecular formula is C20H27N5O3. The Balaban J connectivity index is 1.37. The molecule has 0 bridgehead atoms. The maximum absolute atomic E-state index is 13.0. The Morgan fingerprint density at radius 3 is 2.93 bits per heavy atom. The summed E-state index contributed by atoms with van der Waals surface area (Å²) in [4.78, 5) is 29.6. The fraction of sp³-hybridized carbons (Fsp3) is 0.600. The average Bonchev–Trinajstić information content (AvgIpc) is 3.33. The largest absolute Gasteiger partial charge is 0.383 e. The van der Waals surface area contributed by atoms with Crippen molar-refractivity contribution in [2.75, 3.05) is 39.9 Å². The summed E-state index contributed by atoms with van der Waals surface area (Å²) < 4.78 is 6.90. The zero-order valence-electron chi connectivity index (χ0n) is 16.3. The van der Waals surface area contributed by atoms with Crippen LogP contribution in [-0.4, -0.2) is 76.5 Å². The van der Waals surface area contributed by atoms with Gasteiger partial charge < -0.3 is 14.5 Å². The van der Waals surface area contributed by atoms with Gasteiger partial charge in [0.05, 0.1) is 24.1 Å². The SMILES string of the molecule is COCCN1CCC[C@@]2(CCN(C(=O)CCn3nnc4ccccc43)C2)C1=O. The number of amides is 2. The Bertz CT molecular complexity index is 866. The molecule has 0 saturated carbocycles. The van der Waals surface area contributed by atoms with Crippen LogP contribution < -0.4 is 0 Å². The van der Waals surface area contributed by atoms with Crippen molar-refractivity contribution in [1.82, 2.24) is 24.8 Å². The van der Waals surface area contributed by atoms with Gasteiger partial charge in [0, 0.05) is 39.7 Å². The molecule has 2 fully saturated rings. The lowest BCUT2D eigenvalue weighted by molar-refractivity contribution is -0.146. The maximum Gasteiger partial charge on any atom is 0.230 e. The molecule has 2 aliphatic rings.